The highest BCUT2D eigenvalue weighted by Crippen LogP contribution is 2.35. The van der Waals surface area contributed by atoms with Crippen LogP contribution in [0.15, 0.2) is 60.9 Å². The van der Waals surface area contributed by atoms with Crippen LogP contribution in [-0.2, 0) is 6.18 Å². The van der Waals surface area contributed by atoms with Gasteiger partial charge in [0.15, 0.2) is 0 Å². The Balaban J connectivity index is 2.02. The van der Waals surface area contributed by atoms with Gasteiger partial charge in [-0.3, -0.25) is 9.78 Å². The summed E-state index contributed by atoms with van der Waals surface area (Å²) < 4.78 is 58.7. The number of pyridine rings is 2. The molecule has 1 N–H and O–H groups in total. The summed E-state index contributed by atoms with van der Waals surface area (Å²) in [5.74, 6) is -0.954. The summed E-state index contributed by atoms with van der Waals surface area (Å²) in [6.07, 6.45) is -2.25. The van der Waals surface area contributed by atoms with E-state index in [1.807, 2.05) is 0 Å². The van der Waals surface area contributed by atoms with E-state index >= 15 is 0 Å². The minimum atomic E-state index is -4.69. The molecule has 150 valence electrons. The molecule has 9 heteroatoms. The van der Waals surface area contributed by atoms with E-state index in [2.05, 4.69) is 15.3 Å². The Morgan fingerprint density at radius 3 is 2.38 bits per heavy atom. The molecule has 1 atom stereocenters. The fourth-order valence-electron chi connectivity index (χ4n) is 2.70. The molecule has 2 heterocycles. The van der Waals surface area contributed by atoms with E-state index in [-0.39, 0.29) is 17.0 Å². The number of hydrogen-bond acceptors (Lipinski definition) is 4. The van der Waals surface area contributed by atoms with Crippen molar-refractivity contribution in [3.63, 3.8) is 0 Å². The minimum absolute atomic E-state index is 0.113. The highest BCUT2D eigenvalue weighted by Gasteiger charge is 2.37. The average molecular weight is 405 g/mol. The SMILES string of the molecule is COc1ccc(C(=O)NC(c2ccc(F)cc2)c2ncccc2C(F)(F)F)cn1. The number of halogens is 4. The zero-order valence-corrected chi connectivity index (χ0v) is 15.1. The molecule has 2 aromatic heterocycles. The van der Waals surface area contributed by atoms with Crippen LogP contribution in [0.4, 0.5) is 17.6 Å². The van der Waals surface area contributed by atoms with Gasteiger partial charge < -0.3 is 10.1 Å². The monoisotopic (exact) mass is 405 g/mol. The van der Waals surface area contributed by atoms with Crippen LogP contribution in [-0.4, -0.2) is 23.0 Å². The quantitative estimate of drug-likeness (QED) is 0.648. The minimum Gasteiger partial charge on any atom is -0.481 e. The van der Waals surface area contributed by atoms with Crippen molar-refractivity contribution in [2.75, 3.05) is 7.11 Å². The molecule has 0 aliphatic carbocycles. The van der Waals surface area contributed by atoms with Crippen LogP contribution in [0.3, 0.4) is 0 Å². The van der Waals surface area contributed by atoms with E-state index in [9.17, 15) is 22.4 Å². The number of aromatic nitrogens is 2. The summed E-state index contributed by atoms with van der Waals surface area (Å²) in [4.78, 5) is 20.4. The van der Waals surface area contributed by atoms with E-state index in [0.717, 1.165) is 24.3 Å². The second-order valence-electron chi connectivity index (χ2n) is 5.98. The van der Waals surface area contributed by atoms with Gasteiger partial charge in [-0.15, -0.1) is 0 Å². The van der Waals surface area contributed by atoms with Gasteiger partial charge in [0.1, 0.15) is 5.82 Å². The lowest BCUT2D eigenvalue weighted by molar-refractivity contribution is -0.138. The van der Waals surface area contributed by atoms with Crippen molar-refractivity contribution >= 4 is 5.91 Å². The molecule has 0 bridgehead atoms. The van der Waals surface area contributed by atoms with E-state index in [1.54, 1.807) is 0 Å². The number of carbonyl (C=O) groups is 1. The first kappa shape index (κ1) is 20.2. The Morgan fingerprint density at radius 2 is 1.79 bits per heavy atom. The van der Waals surface area contributed by atoms with Crippen molar-refractivity contribution in [2.24, 2.45) is 0 Å². The summed E-state index contributed by atoms with van der Waals surface area (Å²) >= 11 is 0. The van der Waals surface area contributed by atoms with Crippen LogP contribution >= 0.6 is 0 Å². The standard InChI is InChI=1S/C20H15F4N3O2/c1-29-16-9-6-13(11-26-16)19(28)27-17(12-4-7-14(21)8-5-12)18-15(20(22,23)24)3-2-10-25-18/h2-11,17H,1H3,(H,27,28). The zero-order chi connectivity index (χ0) is 21.0. The van der Waals surface area contributed by atoms with Crippen molar-refractivity contribution in [1.29, 1.82) is 0 Å². The van der Waals surface area contributed by atoms with Crippen LogP contribution < -0.4 is 10.1 Å². The summed E-state index contributed by atoms with van der Waals surface area (Å²) in [5.41, 5.74) is -1.04. The maximum absolute atomic E-state index is 13.5. The smallest absolute Gasteiger partial charge is 0.418 e. The maximum Gasteiger partial charge on any atom is 0.418 e. The number of nitrogens with zero attached hydrogens (tertiary/aromatic N) is 2. The van der Waals surface area contributed by atoms with Crippen molar-refractivity contribution in [1.82, 2.24) is 15.3 Å². The molecule has 0 radical (unpaired) electrons. The molecule has 3 aromatic rings. The zero-order valence-electron chi connectivity index (χ0n) is 15.1. The number of nitrogens with one attached hydrogen (secondary N) is 1. The third-order valence-electron chi connectivity index (χ3n) is 4.10. The van der Waals surface area contributed by atoms with Gasteiger partial charge in [0.25, 0.3) is 5.91 Å². The fraction of sp³-hybridized carbons (Fsp3) is 0.150. The van der Waals surface area contributed by atoms with Crippen molar-refractivity contribution < 1.29 is 27.1 Å². The van der Waals surface area contributed by atoms with Crippen molar-refractivity contribution in [3.8, 4) is 5.88 Å². The van der Waals surface area contributed by atoms with Gasteiger partial charge in [-0.05, 0) is 35.9 Å². The second-order valence-corrected chi connectivity index (χ2v) is 5.98. The molecule has 0 aliphatic rings. The number of ether oxygens (including phenoxy) is 1. The first-order valence-electron chi connectivity index (χ1n) is 8.38. The summed E-state index contributed by atoms with van der Waals surface area (Å²) in [7, 11) is 1.41. The molecule has 5 nitrogen and oxygen atoms in total. The van der Waals surface area contributed by atoms with Gasteiger partial charge in [0.05, 0.1) is 30.0 Å². The summed E-state index contributed by atoms with van der Waals surface area (Å²) in [6.45, 7) is 0. The highest BCUT2D eigenvalue weighted by atomic mass is 19.4. The molecule has 0 aliphatic heterocycles. The molecule has 1 unspecified atom stereocenters. The molecule has 1 amide bonds. The fourth-order valence-corrected chi connectivity index (χ4v) is 2.70. The third-order valence-corrected chi connectivity index (χ3v) is 4.10. The number of alkyl halides is 3. The largest absolute Gasteiger partial charge is 0.481 e. The van der Waals surface area contributed by atoms with Crippen LogP contribution in [0, 0.1) is 5.82 Å². The lowest BCUT2D eigenvalue weighted by Crippen LogP contribution is -2.31. The Morgan fingerprint density at radius 1 is 1.07 bits per heavy atom. The van der Waals surface area contributed by atoms with Crippen LogP contribution in [0.5, 0.6) is 5.88 Å². The predicted molar refractivity (Wildman–Crippen MR) is 95.7 cm³/mol. The van der Waals surface area contributed by atoms with E-state index in [1.165, 1.54) is 43.8 Å². The Bertz CT molecular complexity index is 990. The van der Waals surface area contributed by atoms with E-state index in [4.69, 9.17) is 4.74 Å². The lowest BCUT2D eigenvalue weighted by atomic mass is 9.98. The molecule has 0 spiro atoms. The molecule has 0 saturated carbocycles. The molecule has 29 heavy (non-hydrogen) atoms. The number of benzene rings is 1. The first-order chi connectivity index (χ1) is 13.8. The average Bonchev–Trinajstić information content (AvgIpc) is 2.72. The number of carbonyl (C=O) groups excluding carboxylic acids is 1. The van der Waals surface area contributed by atoms with Gasteiger partial charge in [0.2, 0.25) is 5.88 Å². The van der Waals surface area contributed by atoms with Gasteiger partial charge >= 0.3 is 6.18 Å². The van der Waals surface area contributed by atoms with Gasteiger partial charge in [-0.2, -0.15) is 13.2 Å². The summed E-state index contributed by atoms with van der Waals surface area (Å²) in [6, 6.07) is 8.42. The van der Waals surface area contributed by atoms with Crippen LogP contribution in [0.2, 0.25) is 0 Å². The van der Waals surface area contributed by atoms with Crippen LogP contribution in [0.1, 0.15) is 33.2 Å². The maximum atomic E-state index is 13.5. The number of methoxy groups -OCH3 is 1. The lowest BCUT2D eigenvalue weighted by Gasteiger charge is -2.22. The van der Waals surface area contributed by atoms with Crippen LogP contribution in [0.25, 0.3) is 0 Å². The molecular formula is C20H15F4N3O2. The Hall–Kier alpha value is -3.49. The van der Waals surface area contributed by atoms with Gasteiger partial charge in [-0.1, -0.05) is 12.1 Å². The van der Waals surface area contributed by atoms with Crippen molar-refractivity contribution in [2.45, 2.75) is 12.2 Å². The predicted octanol–water partition coefficient (Wildman–Crippen LogP) is 4.16. The normalized spacial score (nSPS) is 12.3. The molecule has 3 rings (SSSR count). The Kier molecular flexibility index (Phi) is 5.76. The van der Waals surface area contributed by atoms with Gasteiger partial charge in [-0.25, -0.2) is 9.37 Å². The topological polar surface area (TPSA) is 64.1 Å². The second kappa shape index (κ2) is 8.26. The first-order valence-corrected chi connectivity index (χ1v) is 8.38. The highest BCUT2D eigenvalue weighted by molar-refractivity contribution is 5.94. The van der Waals surface area contributed by atoms with E-state index < -0.39 is 35.2 Å². The molecule has 0 saturated heterocycles. The number of hydrogen-bond donors (Lipinski definition) is 1. The molecule has 1 aromatic carbocycles. The van der Waals surface area contributed by atoms with Gasteiger partial charge in [0, 0.05) is 18.5 Å². The van der Waals surface area contributed by atoms with E-state index in [0.29, 0.717) is 0 Å². The summed E-state index contributed by atoms with van der Waals surface area (Å²) in [5, 5.41) is 2.53. The third kappa shape index (κ3) is 4.68. The van der Waals surface area contributed by atoms with Crippen molar-refractivity contribution in [3.05, 3.63) is 89.1 Å². The molecular weight excluding hydrogens is 390 g/mol. The molecule has 0 fully saturated rings. The Labute approximate surface area is 163 Å². The number of amides is 1. The number of rotatable bonds is 5.